The van der Waals surface area contributed by atoms with Crippen molar-refractivity contribution >= 4 is 18.0 Å². The predicted octanol–water partition coefficient (Wildman–Crippen LogP) is 1.86. The molecule has 1 unspecified atom stereocenters. The average molecular weight is 307 g/mol. The van der Waals surface area contributed by atoms with Crippen LogP contribution in [0.15, 0.2) is 28.9 Å². The lowest BCUT2D eigenvalue weighted by molar-refractivity contribution is -0.141. The number of nitrogens with zero attached hydrogens (tertiary/aromatic N) is 1. The molecule has 6 nitrogen and oxygen atoms in total. The number of methoxy groups -OCH3 is 1. The second-order valence-electron chi connectivity index (χ2n) is 5.09. The van der Waals surface area contributed by atoms with Crippen LogP contribution in [0.3, 0.4) is 0 Å². The van der Waals surface area contributed by atoms with Gasteiger partial charge < -0.3 is 18.8 Å². The summed E-state index contributed by atoms with van der Waals surface area (Å²) in [6, 6.07) is 3.52. The van der Waals surface area contributed by atoms with Crippen LogP contribution in [0.1, 0.15) is 25.0 Å². The van der Waals surface area contributed by atoms with Gasteiger partial charge in [-0.1, -0.05) is 0 Å². The second-order valence-corrected chi connectivity index (χ2v) is 5.09. The molecule has 22 heavy (non-hydrogen) atoms. The lowest BCUT2D eigenvalue weighted by atomic mass is 10.2. The minimum Gasteiger partial charge on any atom is -0.469 e. The molecule has 1 atom stereocenters. The summed E-state index contributed by atoms with van der Waals surface area (Å²) in [5, 5.41) is 0. The van der Waals surface area contributed by atoms with Gasteiger partial charge in [-0.2, -0.15) is 0 Å². The molecule has 1 fully saturated rings. The lowest BCUT2D eigenvalue weighted by Crippen LogP contribution is -2.37. The summed E-state index contributed by atoms with van der Waals surface area (Å²) in [7, 11) is 1.34. The van der Waals surface area contributed by atoms with Crippen molar-refractivity contribution in [2.24, 2.45) is 0 Å². The van der Waals surface area contributed by atoms with Gasteiger partial charge in [-0.05, 0) is 31.1 Å². The molecule has 0 aromatic carbocycles. The molecule has 0 aliphatic carbocycles. The smallest absolute Gasteiger partial charge is 0.307 e. The van der Waals surface area contributed by atoms with E-state index >= 15 is 0 Å². The van der Waals surface area contributed by atoms with Crippen LogP contribution in [0.25, 0.3) is 6.08 Å². The summed E-state index contributed by atoms with van der Waals surface area (Å²) in [5.41, 5.74) is 0. The van der Waals surface area contributed by atoms with Gasteiger partial charge in [-0.3, -0.25) is 9.59 Å². The Morgan fingerprint density at radius 2 is 2.36 bits per heavy atom. The van der Waals surface area contributed by atoms with Crippen molar-refractivity contribution in [2.45, 2.75) is 25.4 Å². The monoisotopic (exact) mass is 307 g/mol. The zero-order valence-corrected chi connectivity index (χ0v) is 12.7. The Kier molecular flexibility index (Phi) is 6.21. The summed E-state index contributed by atoms with van der Waals surface area (Å²) in [6.45, 7) is 1.53. The predicted molar refractivity (Wildman–Crippen MR) is 79.9 cm³/mol. The van der Waals surface area contributed by atoms with E-state index in [0.717, 1.165) is 19.4 Å². The topological polar surface area (TPSA) is 69.0 Å². The Morgan fingerprint density at radius 3 is 3.00 bits per heavy atom. The molecule has 120 valence electrons. The Balaban J connectivity index is 1.94. The van der Waals surface area contributed by atoms with Crippen molar-refractivity contribution in [2.75, 3.05) is 26.8 Å². The molecule has 1 aliphatic heterocycles. The van der Waals surface area contributed by atoms with Gasteiger partial charge in [0.15, 0.2) is 0 Å². The van der Waals surface area contributed by atoms with Crippen molar-refractivity contribution < 1.29 is 23.5 Å². The summed E-state index contributed by atoms with van der Waals surface area (Å²) in [6.07, 6.45) is 6.76. The number of furan rings is 1. The van der Waals surface area contributed by atoms with E-state index in [0.29, 0.717) is 18.8 Å². The van der Waals surface area contributed by atoms with Crippen molar-refractivity contribution in [1.82, 2.24) is 4.90 Å². The van der Waals surface area contributed by atoms with E-state index in [4.69, 9.17) is 9.15 Å². The number of rotatable bonds is 7. The van der Waals surface area contributed by atoms with Crippen LogP contribution >= 0.6 is 0 Å². The minimum atomic E-state index is -0.333. The van der Waals surface area contributed by atoms with E-state index in [2.05, 4.69) is 4.74 Å². The highest BCUT2D eigenvalue weighted by molar-refractivity contribution is 5.91. The molecule has 0 saturated carbocycles. The van der Waals surface area contributed by atoms with Crippen LogP contribution < -0.4 is 0 Å². The van der Waals surface area contributed by atoms with Gasteiger partial charge in [0.25, 0.3) is 0 Å². The minimum absolute atomic E-state index is 0.0404. The summed E-state index contributed by atoms with van der Waals surface area (Å²) in [5.74, 6) is 0.106. The standard InChI is InChI=1S/C16H21NO5/c1-20-16(19)8-9-17(12-14-5-3-11-22-14)15(18)7-6-13-4-2-10-21-13/h2,4,6-7,10,14H,3,5,8-9,11-12H2,1H3/b7-6+. The highest BCUT2D eigenvalue weighted by Crippen LogP contribution is 2.14. The first-order valence-corrected chi connectivity index (χ1v) is 7.38. The molecule has 2 rings (SSSR count). The molecule has 0 bridgehead atoms. The fourth-order valence-corrected chi connectivity index (χ4v) is 2.30. The maximum absolute atomic E-state index is 12.3. The zero-order valence-electron chi connectivity index (χ0n) is 12.7. The Labute approximate surface area is 129 Å². The van der Waals surface area contributed by atoms with Gasteiger partial charge >= 0.3 is 5.97 Å². The Hall–Kier alpha value is -2.08. The van der Waals surface area contributed by atoms with E-state index < -0.39 is 0 Å². The molecule has 0 radical (unpaired) electrons. The molecular formula is C16H21NO5. The average Bonchev–Trinajstić information content (AvgIpc) is 3.21. The number of amides is 1. The van der Waals surface area contributed by atoms with Gasteiger partial charge in [0.1, 0.15) is 5.76 Å². The molecule has 1 aromatic rings. The molecule has 6 heteroatoms. The highest BCUT2D eigenvalue weighted by atomic mass is 16.5. The molecule has 1 aromatic heterocycles. The second kappa shape index (κ2) is 8.38. The van der Waals surface area contributed by atoms with E-state index in [1.807, 2.05) is 0 Å². The number of hydrogen-bond donors (Lipinski definition) is 0. The molecule has 1 aliphatic rings. The summed E-state index contributed by atoms with van der Waals surface area (Å²) < 4.78 is 15.3. The molecule has 1 amide bonds. The number of esters is 1. The normalized spacial score (nSPS) is 17.8. The van der Waals surface area contributed by atoms with Gasteiger partial charge in [-0.25, -0.2) is 0 Å². The number of carbonyl (C=O) groups is 2. The molecule has 0 spiro atoms. The van der Waals surface area contributed by atoms with E-state index in [-0.39, 0.29) is 24.4 Å². The van der Waals surface area contributed by atoms with Crippen molar-refractivity contribution in [3.05, 3.63) is 30.2 Å². The van der Waals surface area contributed by atoms with Crippen LogP contribution in [0.5, 0.6) is 0 Å². The van der Waals surface area contributed by atoms with E-state index in [9.17, 15) is 9.59 Å². The lowest BCUT2D eigenvalue weighted by Gasteiger charge is -2.23. The highest BCUT2D eigenvalue weighted by Gasteiger charge is 2.22. The number of hydrogen-bond acceptors (Lipinski definition) is 5. The van der Waals surface area contributed by atoms with Crippen LogP contribution in [0.2, 0.25) is 0 Å². The van der Waals surface area contributed by atoms with E-state index in [1.54, 1.807) is 29.4 Å². The fraction of sp³-hybridized carbons (Fsp3) is 0.500. The third kappa shape index (κ3) is 5.04. The zero-order chi connectivity index (χ0) is 15.8. The van der Waals surface area contributed by atoms with E-state index in [1.165, 1.54) is 13.2 Å². The van der Waals surface area contributed by atoms with Crippen LogP contribution in [-0.2, 0) is 19.1 Å². The largest absolute Gasteiger partial charge is 0.469 e. The maximum Gasteiger partial charge on any atom is 0.307 e. The summed E-state index contributed by atoms with van der Waals surface area (Å²) in [4.78, 5) is 25.2. The first-order chi connectivity index (χ1) is 10.7. The fourth-order valence-electron chi connectivity index (χ4n) is 2.30. The maximum atomic E-state index is 12.3. The van der Waals surface area contributed by atoms with Crippen molar-refractivity contribution in [3.63, 3.8) is 0 Å². The number of ether oxygens (including phenoxy) is 2. The van der Waals surface area contributed by atoms with Crippen LogP contribution in [0, 0.1) is 0 Å². The van der Waals surface area contributed by atoms with Crippen molar-refractivity contribution in [1.29, 1.82) is 0 Å². The van der Waals surface area contributed by atoms with Crippen LogP contribution in [0.4, 0.5) is 0 Å². The van der Waals surface area contributed by atoms with Gasteiger partial charge in [0.05, 0.1) is 25.9 Å². The molecule has 0 N–H and O–H groups in total. The molecule has 2 heterocycles. The van der Waals surface area contributed by atoms with Gasteiger partial charge in [0.2, 0.25) is 5.91 Å². The third-order valence-corrected chi connectivity index (χ3v) is 3.51. The Morgan fingerprint density at radius 1 is 1.50 bits per heavy atom. The molecule has 1 saturated heterocycles. The van der Waals surface area contributed by atoms with Gasteiger partial charge in [0, 0.05) is 25.8 Å². The quantitative estimate of drug-likeness (QED) is 0.568. The van der Waals surface area contributed by atoms with Crippen molar-refractivity contribution in [3.8, 4) is 0 Å². The van der Waals surface area contributed by atoms with Crippen LogP contribution in [-0.4, -0.2) is 49.7 Å². The van der Waals surface area contributed by atoms with Gasteiger partial charge in [-0.15, -0.1) is 0 Å². The molecular weight excluding hydrogens is 286 g/mol. The first-order valence-electron chi connectivity index (χ1n) is 7.38. The summed E-state index contributed by atoms with van der Waals surface area (Å²) >= 11 is 0. The SMILES string of the molecule is COC(=O)CCN(CC1CCCO1)C(=O)/C=C/c1ccco1. The first kappa shape index (κ1) is 16.3. The Bertz CT molecular complexity index is 503. The number of carbonyl (C=O) groups excluding carboxylic acids is 2. The third-order valence-electron chi connectivity index (χ3n) is 3.51.